The summed E-state index contributed by atoms with van der Waals surface area (Å²) in [5, 5.41) is 6.48. The maximum atomic E-state index is 12.3. The van der Waals surface area contributed by atoms with Gasteiger partial charge in [-0.1, -0.05) is 54.6 Å². The maximum absolute atomic E-state index is 12.3. The van der Waals surface area contributed by atoms with Crippen LogP contribution in [0.2, 0.25) is 0 Å². The van der Waals surface area contributed by atoms with Crippen LogP contribution in [0.25, 0.3) is 11.1 Å². The first-order valence-corrected chi connectivity index (χ1v) is 8.88. The molecule has 2 N–H and O–H groups in total. The average Bonchev–Trinajstić information content (AvgIpc) is 2.64. The average molecular weight is 322 g/mol. The van der Waals surface area contributed by atoms with E-state index in [-0.39, 0.29) is 17.9 Å². The van der Waals surface area contributed by atoms with E-state index < -0.39 is 0 Å². The van der Waals surface area contributed by atoms with Gasteiger partial charge in [0, 0.05) is 12.0 Å². The second kappa shape index (κ2) is 8.11. The smallest absolute Gasteiger partial charge is 0.223 e. The highest BCUT2D eigenvalue weighted by atomic mass is 16.1. The molecule has 1 aliphatic heterocycles. The van der Waals surface area contributed by atoms with Gasteiger partial charge in [0.1, 0.15) is 0 Å². The van der Waals surface area contributed by atoms with Gasteiger partial charge >= 0.3 is 0 Å². The molecule has 2 aromatic rings. The fourth-order valence-electron chi connectivity index (χ4n) is 3.31. The fraction of sp³-hybridized carbons (Fsp3) is 0.381. The molecule has 0 aliphatic carbocycles. The monoisotopic (exact) mass is 322 g/mol. The zero-order valence-electron chi connectivity index (χ0n) is 14.3. The van der Waals surface area contributed by atoms with Crippen LogP contribution >= 0.6 is 0 Å². The zero-order chi connectivity index (χ0) is 16.8. The molecule has 1 saturated heterocycles. The molecule has 3 nitrogen and oxygen atoms in total. The Morgan fingerprint density at radius 1 is 1.04 bits per heavy atom. The normalized spacial score (nSPS) is 16.5. The minimum absolute atomic E-state index is 0.162. The lowest BCUT2D eigenvalue weighted by Gasteiger charge is -2.24. The summed E-state index contributed by atoms with van der Waals surface area (Å²) in [6.07, 6.45) is 2.76. The minimum Gasteiger partial charge on any atom is -0.353 e. The van der Waals surface area contributed by atoms with E-state index in [0.717, 1.165) is 32.4 Å². The van der Waals surface area contributed by atoms with Gasteiger partial charge in [-0.2, -0.15) is 0 Å². The molecule has 1 atom stereocenters. The molecule has 1 unspecified atom stereocenters. The van der Waals surface area contributed by atoms with E-state index in [2.05, 4.69) is 66.1 Å². The Morgan fingerprint density at radius 2 is 1.67 bits per heavy atom. The highest BCUT2D eigenvalue weighted by Crippen LogP contribution is 2.20. The standard InChI is InChI=1S/C21H26N2O/c1-16(23-21(24)20-11-13-22-14-12-20)15-17-7-9-19(10-8-17)18-5-3-2-4-6-18/h2-10,16,20,22H,11-15H2,1H3,(H,23,24). The van der Waals surface area contributed by atoms with Gasteiger partial charge in [-0.3, -0.25) is 4.79 Å². The van der Waals surface area contributed by atoms with Gasteiger partial charge < -0.3 is 10.6 Å². The molecular formula is C21H26N2O. The van der Waals surface area contributed by atoms with Crippen molar-refractivity contribution in [1.29, 1.82) is 0 Å². The van der Waals surface area contributed by atoms with E-state index in [4.69, 9.17) is 0 Å². The van der Waals surface area contributed by atoms with Gasteiger partial charge in [-0.25, -0.2) is 0 Å². The molecule has 1 fully saturated rings. The summed E-state index contributed by atoms with van der Waals surface area (Å²) >= 11 is 0. The van der Waals surface area contributed by atoms with Gasteiger partial charge in [-0.15, -0.1) is 0 Å². The zero-order valence-corrected chi connectivity index (χ0v) is 14.3. The minimum atomic E-state index is 0.162. The summed E-state index contributed by atoms with van der Waals surface area (Å²) in [5.41, 5.74) is 3.72. The molecule has 3 heteroatoms. The maximum Gasteiger partial charge on any atom is 0.223 e. The number of carbonyl (C=O) groups is 1. The highest BCUT2D eigenvalue weighted by Gasteiger charge is 2.21. The van der Waals surface area contributed by atoms with Gasteiger partial charge in [0.25, 0.3) is 0 Å². The quantitative estimate of drug-likeness (QED) is 0.886. The summed E-state index contributed by atoms with van der Waals surface area (Å²) in [4.78, 5) is 12.3. The number of nitrogens with one attached hydrogen (secondary N) is 2. The molecule has 0 spiro atoms. The number of amides is 1. The first-order chi connectivity index (χ1) is 11.7. The second-order valence-electron chi connectivity index (χ2n) is 6.70. The summed E-state index contributed by atoms with van der Waals surface area (Å²) in [7, 11) is 0. The van der Waals surface area contributed by atoms with Crippen LogP contribution in [0.1, 0.15) is 25.3 Å². The van der Waals surface area contributed by atoms with Crippen molar-refractivity contribution in [3.05, 3.63) is 60.2 Å². The van der Waals surface area contributed by atoms with Crippen LogP contribution in [0.5, 0.6) is 0 Å². The summed E-state index contributed by atoms with van der Waals surface area (Å²) in [5.74, 6) is 0.388. The van der Waals surface area contributed by atoms with Crippen molar-refractivity contribution in [3.63, 3.8) is 0 Å². The van der Waals surface area contributed by atoms with Crippen LogP contribution in [0, 0.1) is 5.92 Å². The Bertz CT molecular complexity index is 645. The van der Waals surface area contributed by atoms with E-state index >= 15 is 0 Å². The third-order valence-corrected chi connectivity index (χ3v) is 4.70. The van der Waals surface area contributed by atoms with Crippen LogP contribution in [0.4, 0.5) is 0 Å². The third kappa shape index (κ3) is 4.45. The molecule has 126 valence electrons. The van der Waals surface area contributed by atoms with Gasteiger partial charge in [-0.05, 0) is 56.0 Å². The van der Waals surface area contributed by atoms with Gasteiger partial charge in [0.15, 0.2) is 0 Å². The van der Waals surface area contributed by atoms with E-state index in [1.165, 1.54) is 16.7 Å². The first kappa shape index (κ1) is 16.7. The molecule has 1 amide bonds. The van der Waals surface area contributed by atoms with Gasteiger partial charge in [0.2, 0.25) is 5.91 Å². The van der Waals surface area contributed by atoms with E-state index in [9.17, 15) is 4.79 Å². The van der Waals surface area contributed by atoms with E-state index in [0.29, 0.717) is 0 Å². The predicted octanol–water partition coefficient (Wildman–Crippen LogP) is 3.40. The number of piperidine rings is 1. The van der Waals surface area contributed by atoms with Crippen LogP contribution in [0.3, 0.4) is 0 Å². The first-order valence-electron chi connectivity index (χ1n) is 8.88. The molecular weight excluding hydrogens is 296 g/mol. The van der Waals surface area contributed by atoms with Crippen molar-refractivity contribution in [3.8, 4) is 11.1 Å². The molecule has 0 aromatic heterocycles. The fourth-order valence-corrected chi connectivity index (χ4v) is 3.31. The molecule has 3 rings (SSSR count). The van der Waals surface area contributed by atoms with Crippen LogP contribution in [0.15, 0.2) is 54.6 Å². The number of hydrogen-bond donors (Lipinski definition) is 2. The van der Waals surface area contributed by atoms with Crippen LogP contribution in [-0.2, 0) is 11.2 Å². The summed E-state index contributed by atoms with van der Waals surface area (Å²) < 4.78 is 0. The SMILES string of the molecule is CC(Cc1ccc(-c2ccccc2)cc1)NC(=O)C1CCNCC1. The Kier molecular flexibility index (Phi) is 5.65. The number of rotatable bonds is 5. The van der Waals surface area contributed by atoms with Gasteiger partial charge in [0.05, 0.1) is 0 Å². The van der Waals surface area contributed by atoms with Crippen molar-refractivity contribution < 1.29 is 4.79 Å². The summed E-state index contributed by atoms with van der Waals surface area (Å²) in [6.45, 7) is 3.99. The Morgan fingerprint density at radius 3 is 2.33 bits per heavy atom. The van der Waals surface area contributed by atoms with Crippen LogP contribution < -0.4 is 10.6 Å². The predicted molar refractivity (Wildman–Crippen MR) is 98.8 cm³/mol. The third-order valence-electron chi connectivity index (χ3n) is 4.70. The lowest BCUT2D eigenvalue weighted by molar-refractivity contribution is -0.126. The van der Waals surface area contributed by atoms with Crippen molar-refractivity contribution in [2.24, 2.45) is 5.92 Å². The lowest BCUT2D eigenvalue weighted by atomic mass is 9.96. The van der Waals surface area contributed by atoms with Crippen molar-refractivity contribution in [2.75, 3.05) is 13.1 Å². The molecule has 1 aliphatic rings. The second-order valence-corrected chi connectivity index (χ2v) is 6.70. The molecule has 0 bridgehead atoms. The number of carbonyl (C=O) groups excluding carboxylic acids is 1. The van der Waals surface area contributed by atoms with E-state index in [1.807, 2.05) is 6.07 Å². The van der Waals surface area contributed by atoms with Crippen LogP contribution in [-0.4, -0.2) is 25.0 Å². The molecule has 0 saturated carbocycles. The number of hydrogen-bond acceptors (Lipinski definition) is 2. The molecule has 0 radical (unpaired) electrons. The lowest BCUT2D eigenvalue weighted by Crippen LogP contribution is -2.42. The molecule has 1 heterocycles. The summed E-state index contributed by atoms with van der Waals surface area (Å²) in [6, 6.07) is 19.2. The number of benzene rings is 2. The molecule has 24 heavy (non-hydrogen) atoms. The Hall–Kier alpha value is -2.13. The Balaban J connectivity index is 1.54. The highest BCUT2D eigenvalue weighted by molar-refractivity contribution is 5.79. The largest absolute Gasteiger partial charge is 0.353 e. The van der Waals surface area contributed by atoms with Crippen molar-refractivity contribution >= 4 is 5.91 Å². The van der Waals surface area contributed by atoms with Crippen molar-refractivity contribution in [2.45, 2.75) is 32.2 Å². The Labute approximate surface area is 144 Å². The van der Waals surface area contributed by atoms with Crippen molar-refractivity contribution in [1.82, 2.24) is 10.6 Å². The molecule has 2 aromatic carbocycles. The topological polar surface area (TPSA) is 41.1 Å². The van der Waals surface area contributed by atoms with E-state index in [1.54, 1.807) is 0 Å².